The standard InChI is InChI=1S/C17H31N3O/c1-4-15-17(21)20(14-9-10-19(3)12(2)11-14)16(18-15)13-7-5-6-8-13/h12-16,18H,4-11H2,1-3H3. The highest BCUT2D eigenvalue weighted by atomic mass is 16.2. The van der Waals surface area contributed by atoms with E-state index < -0.39 is 0 Å². The van der Waals surface area contributed by atoms with Gasteiger partial charge in [0, 0.05) is 18.6 Å². The number of piperidine rings is 1. The molecule has 0 aromatic rings. The summed E-state index contributed by atoms with van der Waals surface area (Å²) in [6, 6.07) is 1.09. The van der Waals surface area contributed by atoms with Gasteiger partial charge in [-0.1, -0.05) is 19.8 Å². The first-order valence-corrected chi connectivity index (χ1v) is 8.90. The fourth-order valence-corrected chi connectivity index (χ4v) is 4.53. The van der Waals surface area contributed by atoms with Gasteiger partial charge in [0.2, 0.25) is 5.91 Å². The maximum atomic E-state index is 12.8. The number of amides is 1. The van der Waals surface area contributed by atoms with Crippen LogP contribution in [-0.4, -0.2) is 53.6 Å². The minimum atomic E-state index is 0.0607. The van der Waals surface area contributed by atoms with Gasteiger partial charge in [0.25, 0.3) is 0 Å². The lowest BCUT2D eigenvalue weighted by atomic mass is 9.95. The molecule has 4 heteroatoms. The number of carbonyl (C=O) groups excluding carboxylic acids is 1. The van der Waals surface area contributed by atoms with E-state index in [1.54, 1.807) is 0 Å². The van der Waals surface area contributed by atoms with Gasteiger partial charge in [0.1, 0.15) is 0 Å². The molecule has 120 valence electrons. The van der Waals surface area contributed by atoms with Crippen LogP contribution in [0.2, 0.25) is 0 Å². The summed E-state index contributed by atoms with van der Waals surface area (Å²) in [5.41, 5.74) is 0. The number of nitrogens with one attached hydrogen (secondary N) is 1. The molecule has 3 fully saturated rings. The summed E-state index contributed by atoms with van der Waals surface area (Å²) >= 11 is 0. The van der Waals surface area contributed by atoms with Crippen molar-refractivity contribution in [2.24, 2.45) is 5.92 Å². The number of hydrogen-bond donors (Lipinski definition) is 1. The van der Waals surface area contributed by atoms with Gasteiger partial charge < -0.3 is 9.80 Å². The van der Waals surface area contributed by atoms with Crippen molar-refractivity contribution in [3.8, 4) is 0 Å². The molecule has 1 N–H and O–H groups in total. The number of nitrogens with zero attached hydrogens (tertiary/aromatic N) is 2. The van der Waals surface area contributed by atoms with Crippen molar-refractivity contribution in [3.63, 3.8) is 0 Å². The van der Waals surface area contributed by atoms with Crippen molar-refractivity contribution in [2.45, 2.75) is 83.1 Å². The molecule has 0 bridgehead atoms. The normalized spacial score (nSPS) is 39.4. The second kappa shape index (κ2) is 6.25. The number of rotatable bonds is 3. The van der Waals surface area contributed by atoms with E-state index in [4.69, 9.17) is 0 Å². The molecule has 2 saturated heterocycles. The highest BCUT2D eigenvalue weighted by Gasteiger charge is 2.46. The van der Waals surface area contributed by atoms with Crippen molar-refractivity contribution >= 4 is 5.91 Å². The van der Waals surface area contributed by atoms with E-state index >= 15 is 0 Å². The second-order valence-electron chi connectivity index (χ2n) is 7.37. The topological polar surface area (TPSA) is 35.6 Å². The summed E-state index contributed by atoms with van der Waals surface area (Å²) < 4.78 is 0. The van der Waals surface area contributed by atoms with E-state index in [0.717, 1.165) is 25.8 Å². The summed E-state index contributed by atoms with van der Waals surface area (Å²) in [7, 11) is 2.20. The second-order valence-corrected chi connectivity index (χ2v) is 7.37. The lowest BCUT2D eigenvalue weighted by molar-refractivity contribution is -0.134. The Balaban J connectivity index is 1.77. The summed E-state index contributed by atoms with van der Waals surface area (Å²) in [5, 5.41) is 3.67. The monoisotopic (exact) mass is 293 g/mol. The van der Waals surface area contributed by atoms with Crippen LogP contribution in [0.15, 0.2) is 0 Å². The molecule has 21 heavy (non-hydrogen) atoms. The van der Waals surface area contributed by atoms with Gasteiger partial charge in [-0.15, -0.1) is 0 Å². The minimum absolute atomic E-state index is 0.0607. The predicted octanol–water partition coefficient (Wildman–Crippen LogP) is 2.20. The number of hydrogen-bond acceptors (Lipinski definition) is 3. The lowest BCUT2D eigenvalue weighted by Crippen LogP contribution is -2.53. The van der Waals surface area contributed by atoms with Gasteiger partial charge in [-0.25, -0.2) is 0 Å². The molecule has 4 atom stereocenters. The average molecular weight is 293 g/mol. The van der Waals surface area contributed by atoms with Gasteiger partial charge >= 0.3 is 0 Å². The van der Waals surface area contributed by atoms with Crippen molar-refractivity contribution < 1.29 is 4.79 Å². The minimum Gasteiger partial charge on any atom is -0.322 e. The first kappa shape index (κ1) is 15.3. The molecule has 1 amide bonds. The maximum Gasteiger partial charge on any atom is 0.241 e. The Morgan fingerprint density at radius 1 is 1.24 bits per heavy atom. The van der Waals surface area contributed by atoms with Crippen LogP contribution >= 0.6 is 0 Å². The highest BCUT2D eigenvalue weighted by Crippen LogP contribution is 2.35. The predicted molar refractivity (Wildman–Crippen MR) is 84.9 cm³/mol. The van der Waals surface area contributed by atoms with Gasteiger partial charge in [-0.05, 0) is 52.0 Å². The zero-order chi connectivity index (χ0) is 15.0. The van der Waals surface area contributed by atoms with E-state index in [0.29, 0.717) is 30.1 Å². The van der Waals surface area contributed by atoms with E-state index in [1.807, 2.05) is 0 Å². The third kappa shape index (κ3) is 2.85. The van der Waals surface area contributed by atoms with E-state index in [1.165, 1.54) is 25.7 Å². The Bertz CT molecular complexity index is 380. The quantitative estimate of drug-likeness (QED) is 0.866. The van der Waals surface area contributed by atoms with Crippen LogP contribution in [-0.2, 0) is 4.79 Å². The molecule has 2 aliphatic heterocycles. The molecule has 4 unspecified atom stereocenters. The van der Waals surface area contributed by atoms with Crippen LogP contribution in [0, 0.1) is 5.92 Å². The van der Waals surface area contributed by atoms with Crippen molar-refractivity contribution in [2.75, 3.05) is 13.6 Å². The average Bonchev–Trinajstić information content (AvgIpc) is 3.09. The van der Waals surface area contributed by atoms with Crippen LogP contribution in [0.4, 0.5) is 0 Å². The van der Waals surface area contributed by atoms with E-state index in [9.17, 15) is 4.79 Å². The molecular formula is C17H31N3O. The number of likely N-dealkylation sites (tertiary alicyclic amines) is 1. The Hall–Kier alpha value is -0.610. The molecule has 1 aliphatic carbocycles. The Kier molecular flexibility index (Phi) is 4.55. The van der Waals surface area contributed by atoms with Gasteiger partial charge in [-0.3, -0.25) is 10.1 Å². The fraction of sp³-hybridized carbons (Fsp3) is 0.941. The molecule has 3 rings (SSSR count). The van der Waals surface area contributed by atoms with Crippen LogP contribution in [0.25, 0.3) is 0 Å². The SMILES string of the molecule is CCC1NC(C2CCCC2)N(C2CCN(C)C(C)C2)C1=O. The molecule has 0 aromatic heterocycles. The van der Waals surface area contributed by atoms with Crippen LogP contribution in [0.3, 0.4) is 0 Å². The smallest absolute Gasteiger partial charge is 0.241 e. The molecule has 4 nitrogen and oxygen atoms in total. The van der Waals surface area contributed by atoms with Crippen LogP contribution in [0.5, 0.6) is 0 Å². The third-order valence-electron chi connectivity index (χ3n) is 6.05. The van der Waals surface area contributed by atoms with Gasteiger partial charge in [-0.2, -0.15) is 0 Å². The summed E-state index contributed by atoms with van der Waals surface area (Å²) in [6.07, 6.45) is 8.75. The molecule has 3 aliphatic rings. The summed E-state index contributed by atoms with van der Waals surface area (Å²) in [4.78, 5) is 17.5. The number of carbonyl (C=O) groups is 1. The molecular weight excluding hydrogens is 262 g/mol. The summed E-state index contributed by atoms with van der Waals surface area (Å²) in [6.45, 7) is 5.54. The maximum absolute atomic E-state index is 12.8. The van der Waals surface area contributed by atoms with E-state index in [2.05, 4.69) is 36.0 Å². The Labute approximate surface area is 129 Å². The van der Waals surface area contributed by atoms with Crippen molar-refractivity contribution in [3.05, 3.63) is 0 Å². The first-order chi connectivity index (χ1) is 10.1. The van der Waals surface area contributed by atoms with Crippen molar-refractivity contribution in [1.29, 1.82) is 0 Å². The zero-order valence-corrected chi connectivity index (χ0v) is 13.8. The fourth-order valence-electron chi connectivity index (χ4n) is 4.53. The molecule has 1 saturated carbocycles. The van der Waals surface area contributed by atoms with Crippen LogP contribution < -0.4 is 5.32 Å². The molecule has 0 spiro atoms. The largest absolute Gasteiger partial charge is 0.322 e. The molecule has 2 heterocycles. The molecule has 0 radical (unpaired) electrons. The van der Waals surface area contributed by atoms with Gasteiger partial charge in [0.05, 0.1) is 12.2 Å². The third-order valence-corrected chi connectivity index (χ3v) is 6.05. The Morgan fingerprint density at radius 2 is 1.95 bits per heavy atom. The summed E-state index contributed by atoms with van der Waals surface area (Å²) in [5.74, 6) is 1.05. The lowest BCUT2D eigenvalue weighted by Gasteiger charge is -2.42. The van der Waals surface area contributed by atoms with E-state index in [-0.39, 0.29) is 6.04 Å². The van der Waals surface area contributed by atoms with Crippen LogP contribution in [0.1, 0.15) is 58.8 Å². The zero-order valence-electron chi connectivity index (χ0n) is 13.8. The Morgan fingerprint density at radius 3 is 2.57 bits per heavy atom. The first-order valence-electron chi connectivity index (χ1n) is 8.90. The molecule has 0 aromatic carbocycles. The van der Waals surface area contributed by atoms with Crippen molar-refractivity contribution in [1.82, 2.24) is 15.1 Å². The van der Waals surface area contributed by atoms with Gasteiger partial charge in [0.15, 0.2) is 0 Å². The highest BCUT2D eigenvalue weighted by molar-refractivity contribution is 5.84.